The van der Waals surface area contributed by atoms with E-state index in [1.807, 2.05) is 25.0 Å². The molecule has 0 radical (unpaired) electrons. The molecular formula is C18H33IN6O. The van der Waals surface area contributed by atoms with E-state index in [4.69, 9.17) is 4.74 Å². The van der Waals surface area contributed by atoms with Crippen molar-refractivity contribution in [3.63, 3.8) is 0 Å². The molecule has 1 N–H and O–H groups in total. The molecule has 0 spiro atoms. The minimum absolute atomic E-state index is 0. The van der Waals surface area contributed by atoms with E-state index in [1.54, 1.807) is 0 Å². The predicted octanol–water partition coefficient (Wildman–Crippen LogP) is 1.51. The summed E-state index contributed by atoms with van der Waals surface area (Å²) in [4.78, 5) is 9.40. The van der Waals surface area contributed by atoms with Gasteiger partial charge in [0.25, 0.3) is 0 Å². The summed E-state index contributed by atoms with van der Waals surface area (Å²) in [6, 6.07) is 0.946. The number of guanidine groups is 1. The van der Waals surface area contributed by atoms with Gasteiger partial charge in [0, 0.05) is 64.5 Å². The van der Waals surface area contributed by atoms with E-state index in [1.165, 1.54) is 5.56 Å². The van der Waals surface area contributed by atoms with Gasteiger partial charge < -0.3 is 15.0 Å². The van der Waals surface area contributed by atoms with Crippen LogP contribution in [-0.2, 0) is 11.8 Å². The Balaban J connectivity index is 0.00000243. The van der Waals surface area contributed by atoms with E-state index in [0.717, 1.165) is 51.8 Å². The molecule has 2 saturated heterocycles. The molecule has 3 heterocycles. The summed E-state index contributed by atoms with van der Waals surface area (Å²) in [5.41, 5.74) is 1.33. The molecule has 3 unspecified atom stereocenters. The molecule has 148 valence electrons. The van der Waals surface area contributed by atoms with Gasteiger partial charge in [-0.1, -0.05) is 0 Å². The number of hydrogen-bond donors (Lipinski definition) is 1. The van der Waals surface area contributed by atoms with Crippen LogP contribution in [0.1, 0.15) is 31.7 Å². The van der Waals surface area contributed by atoms with Crippen LogP contribution in [0.15, 0.2) is 17.4 Å². The molecule has 2 fully saturated rings. The first-order valence-electron chi connectivity index (χ1n) is 9.36. The van der Waals surface area contributed by atoms with Gasteiger partial charge in [-0.2, -0.15) is 5.10 Å². The normalized spacial score (nSPS) is 25.8. The van der Waals surface area contributed by atoms with Crippen molar-refractivity contribution in [2.45, 2.75) is 38.3 Å². The third-order valence-electron chi connectivity index (χ3n) is 5.44. The molecule has 0 aromatic carbocycles. The first kappa shape index (κ1) is 21.4. The van der Waals surface area contributed by atoms with Crippen molar-refractivity contribution in [1.82, 2.24) is 24.9 Å². The van der Waals surface area contributed by atoms with E-state index in [2.05, 4.69) is 45.3 Å². The quantitative estimate of drug-likeness (QED) is 0.406. The van der Waals surface area contributed by atoms with E-state index >= 15 is 0 Å². The lowest BCUT2D eigenvalue weighted by molar-refractivity contribution is -0.0174. The maximum absolute atomic E-state index is 5.54. The van der Waals surface area contributed by atoms with E-state index in [0.29, 0.717) is 18.0 Å². The van der Waals surface area contributed by atoms with Crippen molar-refractivity contribution in [3.05, 3.63) is 18.0 Å². The van der Waals surface area contributed by atoms with E-state index < -0.39 is 0 Å². The Hall–Kier alpha value is -0.870. The monoisotopic (exact) mass is 476 g/mol. The highest BCUT2D eigenvalue weighted by molar-refractivity contribution is 14.0. The van der Waals surface area contributed by atoms with Crippen LogP contribution in [0, 0.1) is 0 Å². The van der Waals surface area contributed by atoms with Crippen molar-refractivity contribution in [2.75, 3.05) is 46.4 Å². The number of nitrogens with one attached hydrogen (secondary N) is 1. The number of likely N-dealkylation sites (tertiary alicyclic amines) is 1. The van der Waals surface area contributed by atoms with Crippen molar-refractivity contribution in [1.29, 1.82) is 0 Å². The number of aryl methyl sites for hydroxylation is 1. The van der Waals surface area contributed by atoms with Crippen LogP contribution >= 0.6 is 24.0 Å². The molecule has 0 saturated carbocycles. The van der Waals surface area contributed by atoms with Gasteiger partial charge in [-0.05, 0) is 25.8 Å². The highest BCUT2D eigenvalue weighted by Crippen LogP contribution is 2.26. The summed E-state index contributed by atoms with van der Waals surface area (Å²) in [5, 5.41) is 7.88. The molecule has 2 aliphatic rings. The van der Waals surface area contributed by atoms with Crippen LogP contribution in [0.25, 0.3) is 0 Å². The standard InChI is InChI=1S/C18H32N6O.HI/c1-14(24-7-8-25-13-15(24)2)9-20-18(19-3)23-6-5-16(12-23)17-10-21-22(4)11-17;/h10-11,14-16H,5-9,12-13H2,1-4H3,(H,19,20);1H. The second kappa shape index (κ2) is 9.89. The topological polar surface area (TPSA) is 57.9 Å². The zero-order valence-corrected chi connectivity index (χ0v) is 18.7. The highest BCUT2D eigenvalue weighted by atomic mass is 127. The SMILES string of the molecule is CN=C(NCC(C)N1CCOCC1C)N1CCC(c2cnn(C)c2)C1.I. The Bertz CT molecular complexity index is 592. The van der Waals surface area contributed by atoms with Crippen LogP contribution in [0.4, 0.5) is 0 Å². The molecule has 2 aliphatic heterocycles. The lowest BCUT2D eigenvalue weighted by Gasteiger charge is -2.38. The number of halogens is 1. The number of morpholine rings is 1. The molecule has 0 amide bonds. The number of aliphatic imine (C=N–C) groups is 1. The van der Waals surface area contributed by atoms with Gasteiger partial charge in [0.15, 0.2) is 5.96 Å². The molecule has 8 heteroatoms. The van der Waals surface area contributed by atoms with Crippen LogP contribution < -0.4 is 5.32 Å². The summed E-state index contributed by atoms with van der Waals surface area (Å²) in [5.74, 6) is 1.56. The highest BCUT2D eigenvalue weighted by Gasteiger charge is 2.28. The Morgan fingerprint density at radius 1 is 1.46 bits per heavy atom. The van der Waals surface area contributed by atoms with Crippen molar-refractivity contribution >= 4 is 29.9 Å². The molecule has 1 aromatic rings. The lowest BCUT2D eigenvalue weighted by atomic mass is 10.0. The molecule has 3 rings (SSSR count). The fraction of sp³-hybridized carbons (Fsp3) is 0.778. The van der Waals surface area contributed by atoms with Crippen molar-refractivity contribution < 1.29 is 4.74 Å². The minimum Gasteiger partial charge on any atom is -0.379 e. The van der Waals surface area contributed by atoms with Gasteiger partial charge in [-0.15, -0.1) is 24.0 Å². The Morgan fingerprint density at radius 3 is 2.92 bits per heavy atom. The number of aromatic nitrogens is 2. The number of ether oxygens (including phenoxy) is 1. The Morgan fingerprint density at radius 2 is 2.27 bits per heavy atom. The lowest BCUT2D eigenvalue weighted by Crippen LogP contribution is -2.53. The molecular weight excluding hydrogens is 443 g/mol. The fourth-order valence-corrected chi connectivity index (χ4v) is 3.96. The van der Waals surface area contributed by atoms with Gasteiger partial charge >= 0.3 is 0 Å². The first-order chi connectivity index (χ1) is 12.1. The molecule has 1 aromatic heterocycles. The van der Waals surface area contributed by atoms with Gasteiger partial charge in [-0.3, -0.25) is 14.6 Å². The van der Waals surface area contributed by atoms with Gasteiger partial charge in [0.05, 0.1) is 19.4 Å². The minimum atomic E-state index is 0. The molecule has 26 heavy (non-hydrogen) atoms. The summed E-state index contributed by atoms with van der Waals surface area (Å²) in [7, 11) is 3.85. The van der Waals surface area contributed by atoms with Gasteiger partial charge in [0.2, 0.25) is 0 Å². The van der Waals surface area contributed by atoms with Crippen LogP contribution in [0.3, 0.4) is 0 Å². The average Bonchev–Trinajstić information content (AvgIpc) is 3.25. The average molecular weight is 476 g/mol. The van der Waals surface area contributed by atoms with E-state index in [-0.39, 0.29) is 24.0 Å². The van der Waals surface area contributed by atoms with Gasteiger partial charge in [0.1, 0.15) is 0 Å². The Labute approximate surface area is 174 Å². The zero-order chi connectivity index (χ0) is 17.8. The Kier molecular flexibility index (Phi) is 8.15. The maximum atomic E-state index is 5.54. The largest absolute Gasteiger partial charge is 0.379 e. The molecule has 7 nitrogen and oxygen atoms in total. The smallest absolute Gasteiger partial charge is 0.193 e. The number of nitrogens with zero attached hydrogens (tertiary/aromatic N) is 5. The van der Waals surface area contributed by atoms with Gasteiger partial charge in [-0.25, -0.2) is 0 Å². The summed E-state index contributed by atoms with van der Waals surface area (Å²) >= 11 is 0. The first-order valence-corrected chi connectivity index (χ1v) is 9.36. The summed E-state index contributed by atoms with van der Waals surface area (Å²) < 4.78 is 7.43. The second-order valence-corrected chi connectivity index (χ2v) is 7.32. The summed E-state index contributed by atoms with van der Waals surface area (Å²) in [6.07, 6.45) is 5.28. The maximum Gasteiger partial charge on any atom is 0.193 e. The fourth-order valence-electron chi connectivity index (χ4n) is 3.96. The van der Waals surface area contributed by atoms with Crippen molar-refractivity contribution in [2.24, 2.45) is 12.0 Å². The van der Waals surface area contributed by atoms with Crippen molar-refractivity contribution in [3.8, 4) is 0 Å². The number of hydrogen-bond acceptors (Lipinski definition) is 4. The third kappa shape index (κ3) is 5.10. The molecule has 0 aliphatic carbocycles. The van der Waals surface area contributed by atoms with E-state index in [9.17, 15) is 0 Å². The number of rotatable bonds is 4. The third-order valence-corrected chi connectivity index (χ3v) is 5.44. The second-order valence-electron chi connectivity index (χ2n) is 7.32. The predicted molar refractivity (Wildman–Crippen MR) is 115 cm³/mol. The van der Waals surface area contributed by atoms with Crippen LogP contribution in [-0.4, -0.2) is 84.1 Å². The summed E-state index contributed by atoms with van der Waals surface area (Å²) in [6.45, 7) is 10.2. The zero-order valence-electron chi connectivity index (χ0n) is 16.4. The molecule has 3 atom stereocenters. The van der Waals surface area contributed by atoms with Crippen LogP contribution in [0.2, 0.25) is 0 Å². The van der Waals surface area contributed by atoms with Crippen LogP contribution in [0.5, 0.6) is 0 Å². The molecule has 0 bridgehead atoms.